The molecule has 0 atom stereocenters. The standard InChI is InChI=1S/C18H20F2N2O3/c1-10-15(12(3)23)11(2)21-16(10)17(24)22(4)9-13-5-7-14(8-6-13)25-18(19)20/h5-8,18,21H,9H2,1-4H3. The van der Waals surface area contributed by atoms with Gasteiger partial charge in [-0.05, 0) is 44.0 Å². The molecule has 0 saturated heterocycles. The minimum absolute atomic E-state index is 0.0645. The molecule has 25 heavy (non-hydrogen) atoms. The molecule has 0 unspecified atom stereocenters. The zero-order chi connectivity index (χ0) is 18.7. The topological polar surface area (TPSA) is 62.4 Å². The van der Waals surface area contributed by atoms with E-state index < -0.39 is 6.61 Å². The Morgan fingerprint density at radius 1 is 1.20 bits per heavy atom. The van der Waals surface area contributed by atoms with Gasteiger partial charge in [0, 0.05) is 24.8 Å². The third kappa shape index (κ3) is 4.23. The lowest BCUT2D eigenvalue weighted by Gasteiger charge is -2.17. The molecule has 0 spiro atoms. The molecule has 7 heteroatoms. The number of carbonyl (C=O) groups is 2. The molecule has 0 aliphatic carbocycles. The summed E-state index contributed by atoms with van der Waals surface area (Å²) in [6.07, 6.45) is 0. The van der Waals surface area contributed by atoms with Gasteiger partial charge in [-0.25, -0.2) is 0 Å². The SMILES string of the molecule is CC(=O)c1c(C)[nH]c(C(=O)N(C)Cc2ccc(OC(F)F)cc2)c1C. The van der Waals surface area contributed by atoms with Crippen LogP contribution in [-0.2, 0) is 6.54 Å². The van der Waals surface area contributed by atoms with E-state index >= 15 is 0 Å². The molecule has 2 aromatic rings. The number of hydrogen-bond acceptors (Lipinski definition) is 3. The number of aryl methyl sites for hydroxylation is 1. The first-order valence-electron chi connectivity index (χ1n) is 7.70. The number of H-pyrrole nitrogens is 1. The maximum atomic E-state index is 12.6. The van der Waals surface area contributed by atoms with Crippen LogP contribution in [0.3, 0.4) is 0 Å². The summed E-state index contributed by atoms with van der Waals surface area (Å²) < 4.78 is 28.6. The highest BCUT2D eigenvalue weighted by atomic mass is 19.3. The van der Waals surface area contributed by atoms with Gasteiger partial charge in [0.25, 0.3) is 5.91 Å². The summed E-state index contributed by atoms with van der Waals surface area (Å²) in [6, 6.07) is 6.10. The second-order valence-corrected chi connectivity index (χ2v) is 5.86. The molecular formula is C18H20F2N2O3. The monoisotopic (exact) mass is 350 g/mol. The molecule has 1 aromatic heterocycles. The lowest BCUT2D eigenvalue weighted by Crippen LogP contribution is -2.27. The molecule has 2 rings (SSSR count). The van der Waals surface area contributed by atoms with E-state index in [-0.39, 0.29) is 17.4 Å². The van der Waals surface area contributed by atoms with Gasteiger partial charge in [-0.1, -0.05) is 12.1 Å². The number of aromatic amines is 1. The third-order valence-corrected chi connectivity index (χ3v) is 3.92. The van der Waals surface area contributed by atoms with Crippen LogP contribution in [0.25, 0.3) is 0 Å². The zero-order valence-corrected chi connectivity index (χ0v) is 14.5. The first kappa shape index (κ1) is 18.6. The Balaban J connectivity index is 2.13. The lowest BCUT2D eigenvalue weighted by molar-refractivity contribution is -0.0498. The third-order valence-electron chi connectivity index (χ3n) is 3.92. The molecular weight excluding hydrogens is 330 g/mol. The average molecular weight is 350 g/mol. The van der Waals surface area contributed by atoms with Gasteiger partial charge >= 0.3 is 6.61 Å². The minimum Gasteiger partial charge on any atom is -0.435 e. The van der Waals surface area contributed by atoms with Crippen LogP contribution in [0.15, 0.2) is 24.3 Å². The van der Waals surface area contributed by atoms with Crippen LogP contribution in [0, 0.1) is 13.8 Å². The number of nitrogens with zero attached hydrogens (tertiary/aromatic N) is 1. The van der Waals surface area contributed by atoms with Crippen LogP contribution < -0.4 is 4.74 Å². The van der Waals surface area contributed by atoms with Gasteiger partial charge in [0.2, 0.25) is 0 Å². The number of aromatic nitrogens is 1. The van der Waals surface area contributed by atoms with Gasteiger partial charge < -0.3 is 14.6 Å². The number of ketones is 1. The van der Waals surface area contributed by atoms with Crippen LogP contribution in [0.2, 0.25) is 0 Å². The van der Waals surface area contributed by atoms with E-state index in [0.29, 0.717) is 29.1 Å². The van der Waals surface area contributed by atoms with E-state index in [1.54, 1.807) is 33.0 Å². The van der Waals surface area contributed by atoms with E-state index in [1.807, 2.05) is 0 Å². The Hall–Kier alpha value is -2.70. The Labute approximate surface area is 144 Å². The molecule has 1 heterocycles. The van der Waals surface area contributed by atoms with Crippen molar-refractivity contribution >= 4 is 11.7 Å². The number of alkyl halides is 2. The number of hydrogen-bond donors (Lipinski definition) is 1. The molecule has 0 aliphatic rings. The maximum absolute atomic E-state index is 12.6. The average Bonchev–Trinajstić information content (AvgIpc) is 2.82. The van der Waals surface area contributed by atoms with Crippen molar-refractivity contribution < 1.29 is 23.1 Å². The smallest absolute Gasteiger partial charge is 0.387 e. The van der Waals surface area contributed by atoms with Crippen LogP contribution in [0.1, 0.15) is 44.6 Å². The van der Waals surface area contributed by atoms with E-state index in [9.17, 15) is 18.4 Å². The molecule has 134 valence electrons. The number of rotatable bonds is 6. The number of halogens is 2. The van der Waals surface area contributed by atoms with Gasteiger partial charge in [-0.15, -0.1) is 0 Å². The summed E-state index contributed by atoms with van der Waals surface area (Å²) in [5.41, 5.74) is 2.97. The second-order valence-electron chi connectivity index (χ2n) is 5.86. The number of nitrogens with one attached hydrogen (secondary N) is 1. The van der Waals surface area contributed by atoms with Crippen LogP contribution in [-0.4, -0.2) is 35.2 Å². The zero-order valence-electron chi connectivity index (χ0n) is 14.5. The van der Waals surface area contributed by atoms with Gasteiger partial charge in [-0.3, -0.25) is 9.59 Å². The predicted molar refractivity (Wildman–Crippen MR) is 89.1 cm³/mol. The predicted octanol–water partition coefficient (Wildman–Crippen LogP) is 3.71. The highest BCUT2D eigenvalue weighted by molar-refractivity contribution is 6.02. The van der Waals surface area contributed by atoms with Gasteiger partial charge in [-0.2, -0.15) is 8.78 Å². The van der Waals surface area contributed by atoms with E-state index in [1.165, 1.54) is 24.0 Å². The summed E-state index contributed by atoms with van der Waals surface area (Å²) >= 11 is 0. The highest BCUT2D eigenvalue weighted by Gasteiger charge is 2.22. The second kappa shape index (κ2) is 7.46. The number of amides is 1. The Bertz CT molecular complexity index is 782. The largest absolute Gasteiger partial charge is 0.435 e. The minimum atomic E-state index is -2.87. The summed E-state index contributed by atoms with van der Waals surface area (Å²) in [5, 5.41) is 0. The fraction of sp³-hybridized carbons (Fsp3) is 0.333. The molecule has 5 nitrogen and oxygen atoms in total. The molecule has 0 bridgehead atoms. The summed E-state index contributed by atoms with van der Waals surface area (Å²) in [4.78, 5) is 28.8. The first-order chi connectivity index (χ1) is 11.7. The highest BCUT2D eigenvalue weighted by Crippen LogP contribution is 2.21. The van der Waals surface area contributed by atoms with E-state index in [0.717, 1.165) is 5.56 Å². The van der Waals surface area contributed by atoms with Crippen molar-refractivity contribution in [3.8, 4) is 5.75 Å². The molecule has 0 radical (unpaired) electrons. The van der Waals surface area contributed by atoms with E-state index in [4.69, 9.17) is 0 Å². The van der Waals surface area contributed by atoms with E-state index in [2.05, 4.69) is 9.72 Å². The van der Waals surface area contributed by atoms with Crippen molar-refractivity contribution in [3.05, 3.63) is 52.3 Å². The van der Waals surface area contributed by atoms with Crippen molar-refractivity contribution in [2.45, 2.75) is 33.9 Å². The van der Waals surface area contributed by atoms with Gasteiger partial charge in [0.1, 0.15) is 11.4 Å². The van der Waals surface area contributed by atoms with Gasteiger partial charge in [0.15, 0.2) is 5.78 Å². The summed E-state index contributed by atoms with van der Waals surface area (Å²) in [7, 11) is 1.63. The normalized spacial score (nSPS) is 10.8. The number of benzene rings is 1. The van der Waals surface area contributed by atoms with Crippen molar-refractivity contribution in [1.29, 1.82) is 0 Å². The Morgan fingerprint density at radius 3 is 2.28 bits per heavy atom. The first-order valence-corrected chi connectivity index (χ1v) is 7.70. The number of ether oxygens (including phenoxy) is 1. The molecule has 0 aliphatic heterocycles. The quantitative estimate of drug-likeness (QED) is 0.808. The molecule has 0 saturated carbocycles. The van der Waals surface area contributed by atoms with Gasteiger partial charge in [0.05, 0.1) is 0 Å². The van der Waals surface area contributed by atoms with Crippen molar-refractivity contribution in [2.24, 2.45) is 0 Å². The fourth-order valence-corrected chi connectivity index (χ4v) is 2.80. The summed E-state index contributed by atoms with van der Waals surface area (Å²) in [6.45, 7) is 2.37. The van der Waals surface area contributed by atoms with Crippen LogP contribution >= 0.6 is 0 Å². The lowest BCUT2D eigenvalue weighted by atomic mass is 10.1. The molecule has 1 aromatic carbocycles. The summed E-state index contributed by atoms with van der Waals surface area (Å²) in [5.74, 6) is -0.279. The molecule has 1 N–H and O–H groups in total. The van der Waals surface area contributed by atoms with Crippen molar-refractivity contribution in [1.82, 2.24) is 9.88 Å². The van der Waals surface area contributed by atoms with Crippen LogP contribution in [0.4, 0.5) is 8.78 Å². The molecule has 0 fully saturated rings. The Morgan fingerprint density at radius 2 is 1.80 bits per heavy atom. The van der Waals surface area contributed by atoms with Crippen molar-refractivity contribution in [3.63, 3.8) is 0 Å². The van der Waals surface area contributed by atoms with Crippen LogP contribution in [0.5, 0.6) is 5.75 Å². The number of carbonyl (C=O) groups excluding carboxylic acids is 2. The molecule has 1 amide bonds. The Kier molecular flexibility index (Phi) is 5.56. The van der Waals surface area contributed by atoms with Crippen molar-refractivity contribution in [2.75, 3.05) is 7.05 Å². The maximum Gasteiger partial charge on any atom is 0.387 e. The number of Topliss-reactive ketones (excluding diaryl/α,β-unsaturated/α-hetero) is 1. The fourth-order valence-electron chi connectivity index (χ4n) is 2.80.